The van der Waals surface area contributed by atoms with Crippen LogP contribution in [0, 0.1) is 11.3 Å². The predicted octanol–water partition coefficient (Wildman–Crippen LogP) is -1.29. The Bertz CT molecular complexity index is 199. The van der Waals surface area contributed by atoms with E-state index < -0.39 is 17.9 Å². The number of hydrogen-bond donors (Lipinski definition) is 2. The van der Waals surface area contributed by atoms with Crippen LogP contribution in [0.1, 0.15) is 35.0 Å². The Hall–Kier alpha value is -0.0600. The van der Waals surface area contributed by atoms with E-state index in [2.05, 4.69) is 0 Å². The third-order valence-electron chi connectivity index (χ3n) is 1.78. The Morgan fingerprint density at radius 1 is 1.21 bits per heavy atom. The summed E-state index contributed by atoms with van der Waals surface area (Å²) in [6.45, 7) is 5.86. The molecule has 0 amide bonds. The second-order valence-electron chi connectivity index (χ2n) is 4.33. The van der Waals surface area contributed by atoms with Gasteiger partial charge in [-0.2, -0.15) is 0 Å². The molecule has 0 radical (unpaired) electrons. The van der Waals surface area contributed by atoms with E-state index in [1.165, 1.54) is 0 Å². The summed E-state index contributed by atoms with van der Waals surface area (Å²) in [7, 11) is 0. The van der Waals surface area contributed by atoms with Crippen LogP contribution in [0.2, 0.25) is 0 Å². The van der Waals surface area contributed by atoms with Gasteiger partial charge in [0.25, 0.3) is 0 Å². The van der Waals surface area contributed by atoms with Gasteiger partial charge in [0.2, 0.25) is 0 Å². The van der Waals surface area contributed by atoms with Crippen molar-refractivity contribution in [2.45, 2.75) is 33.6 Å². The number of rotatable bonds is 4. The Balaban J connectivity index is -0.000000720. The van der Waals surface area contributed by atoms with E-state index >= 15 is 0 Å². The molecule has 4 nitrogen and oxygen atoms in total. The summed E-state index contributed by atoms with van der Waals surface area (Å²) in [5, 5.41) is 17.1. The van der Waals surface area contributed by atoms with Crippen molar-refractivity contribution in [3.63, 3.8) is 0 Å². The fourth-order valence-corrected chi connectivity index (χ4v) is 0.930. The van der Waals surface area contributed by atoms with Crippen molar-refractivity contribution in [2.24, 2.45) is 11.3 Å². The first-order chi connectivity index (χ1) is 5.74. The van der Waals surface area contributed by atoms with Crippen LogP contribution in [0.3, 0.4) is 0 Å². The number of carboxylic acid groups (broad SMARTS) is 2. The summed E-state index contributed by atoms with van der Waals surface area (Å²) in [6, 6.07) is 0. The summed E-state index contributed by atoms with van der Waals surface area (Å²) in [6.07, 6.45) is 0.782. The van der Waals surface area contributed by atoms with Crippen LogP contribution in [0.25, 0.3) is 0 Å². The summed E-state index contributed by atoms with van der Waals surface area (Å²) < 4.78 is 0. The van der Waals surface area contributed by atoms with Crippen LogP contribution in [0.4, 0.5) is 0 Å². The first-order valence-corrected chi connectivity index (χ1v) is 4.19. The Morgan fingerprint density at radius 3 is 1.79 bits per heavy atom. The van der Waals surface area contributed by atoms with Crippen molar-refractivity contribution in [3.8, 4) is 0 Å². The number of hydrogen-bond acceptors (Lipinski definition) is 2. The van der Waals surface area contributed by atoms with E-state index in [1.54, 1.807) is 0 Å². The van der Waals surface area contributed by atoms with Gasteiger partial charge in [-0.25, -0.2) is 0 Å². The summed E-state index contributed by atoms with van der Waals surface area (Å²) in [5.41, 5.74) is -0.0247. The minimum Gasteiger partial charge on any atom is -1.00 e. The van der Waals surface area contributed by atoms with E-state index in [1.807, 2.05) is 20.8 Å². The Kier molecular flexibility index (Phi) is 7.52. The average Bonchev–Trinajstić information content (AvgIpc) is 1.82. The predicted molar refractivity (Wildman–Crippen MR) is 48.6 cm³/mol. The van der Waals surface area contributed by atoms with Gasteiger partial charge in [-0.1, -0.05) is 20.8 Å². The quantitative estimate of drug-likeness (QED) is 0.449. The van der Waals surface area contributed by atoms with Gasteiger partial charge >= 0.3 is 41.5 Å². The van der Waals surface area contributed by atoms with Crippen molar-refractivity contribution < 1.29 is 50.8 Å². The molecular formula is C9H17NaO4. The van der Waals surface area contributed by atoms with E-state index in [0.29, 0.717) is 6.42 Å². The number of carboxylic acids is 2. The normalized spacial score (nSPS) is 10.9. The SMILES string of the molecule is CC(C)(C)CCC(C(=O)O)C(=O)O.[H-].[Na+]. The molecule has 0 saturated heterocycles. The smallest absolute Gasteiger partial charge is 1.00 e. The van der Waals surface area contributed by atoms with Crippen LogP contribution in [0.5, 0.6) is 0 Å². The number of carbonyl (C=O) groups is 2. The third-order valence-corrected chi connectivity index (χ3v) is 1.78. The minimum atomic E-state index is -1.26. The van der Waals surface area contributed by atoms with Crippen LogP contribution >= 0.6 is 0 Å². The van der Waals surface area contributed by atoms with Gasteiger partial charge in [0.05, 0.1) is 0 Å². The molecule has 0 heterocycles. The molecule has 0 unspecified atom stereocenters. The molecule has 0 aliphatic rings. The molecule has 0 bridgehead atoms. The van der Waals surface area contributed by atoms with Crippen LogP contribution in [0.15, 0.2) is 0 Å². The molecule has 5 heteroatoms. The van der Waals surface area contributed by atoms with Crippen molar-refractivity contribution >= 4 is 11.9 Å². The van der Waals surface area contributed by atoms with E-state index in [0.717, 1.165) is 0 Å². The zero-order valence-corrected chi connectivity index (χ0v) is 11.2. The van der Waals surface area contributed by atoms with Gasteiger partial charge in [0.15, 0.2) is 5.92 Å². The standard InChI is InChI=1S/C9H16O4.Na.H/c1-9(2,3)5-4-6(7(10)11)8(12)13;;/h6H,4-5H2,1-3H3,(H,10,11)(H,12,13);;/q;+1;-1. The largest absolute Gasteiger partial charge is 1.00 e. The minimum absolute atomic E-state index is 0. The van der Waals surface area contributed by atoms with Crippen LogP contribution in [-0.4, -0.2) is 22.2 Å². The third kappa shape index (κ3) is 7.35. The molecular weight excluding hydrogens is 195 g/mol. The summed E-state index contributed by atoms with van der Waals surface area (Å²) in [4.78, 5) is 21.0. The maximum atomic E-state index is 10.5. The fourth-order valence-electron chi connectivity index (χ4n) is 0.930. The Morgan fingerprint density at radius 2 is 1.57 bits per heavy atom. The molecule has 2 N–H and O–H groups in total. The van der Waals surface area contributed by atoms with Crippen molar-refractivity contribution in [1.82, 2.24) is 0 Å². The summed E-state index contributed by atoms with van der Waals surface area (Å²) in [5.74, 6) is -3.77. The van der Waals surface area contributed by atoms with E-state index in [9.17, 15) is 9.59 Å². The summed E-state index contributed by atoms with van der Waals surface area (Å²) >= 11 is 0. The molecule has 78 valence electrons. The van der Waals surface area contributed by atoms with Crippen LogP contribution < -0.4 is 29.6 Å². The van der Waals surface area contributed by atoms with Gasteiger partial charge in [0, 0.05) is 0 Å². The van der Waals surface area contributed by atoms with Crippen molar-refractivity contribution in [3.05, 3.63) is 0 Å². The Labute approximate surface area is 107 Å². The van der Waals surface area contributed by atoms with E-state index in [4.69, 9.17) is 10.2 Å². The van der Waals surface area contributed by atoms with Crippen LogP contribution in [-0.2, 0) is 9.59 Å². The molecule has 0 atom stereocenters. The van der Waals surface area contributed by atoms with E-state index in [-0.39, 0.29) is 42.8 Å². The molecule has 0 aliphatic carbocycles. The molecule has 0 saturated carbocycles. The zero-order chi connectivity index (χ0) is 10.6. The molecule has 0 aromatic heterocycles. The number of aliphatic carboxylic acids is 2. The van der Waals surface area contributed by atoms with Gasteiger partial charge in [0.1, 0.15) is 0 Å². The molecule has 14 heavy (non-hydrogen) atoms. The van der Waals surface area contributed by atoms with Crippen molar-refractivity contribution in [1.29, 1.82) is 0 Å². The second kappa shape index (κ2) is 6.43. The molecule has 0 fully saturated rings. The van der Waals surface area contributed by atoms with Gasteiger partial charge in [-0.3, -0.25) is 9.59 Å². The first-order valence-electron chi connectivity index (χ1n) is 4.19. The average molecular weight is 212 g/mol. The molecule has 0 rings (SSSR count). The fraction of sp³-hybridized carbons (Fsp3) is 0.778. The van der Waals surface area contributed by atoms with Gasteiger partial charge in [-0.05, 0) is 18.3 Å². The van der Waals surface area contributed by atoms with Crippen molar-refractivity contribution in [2.75, 3.05) is 0 Å². The maximum Gasteiger partial charge on any atom is 1.00 e. The van der Waals surface area contributed by atoms with Gasteiger partial charge < -0.3 is 11.6 Å². The zero-order valence-electron chi connectivity index (χ0n) is 10.2. The molecule has 0 aromatic carbocycles. The second-order valence-corrected chi connectivity index (χ2v) is 4.33. The molecule has 0 aliphatic heterocycles. The first kappa shape index (κ1) is 16.4. The topological polar surface area (TPSA) is 74.6 Å². The maximum absolute atomic E-state index is 10.5. The molecule has 0 aromatic rings. The monoisotopic (exact) mass is 212 g/mol. The van der Waals surface area contributed by atoms with Gasteiger partial charge in [-0.15, -0.1) is 0 Å². The molecule has 0 spiro atoms.